The maximum Gasteiger partial charge on any atom is 0.305 e. The molecule has 1 fully saturated rings. The summed E-state index contributed by atoms with van der Waals surface area (Å²) in [7, 11) is 0. The molecule has 1 aliphatic rings. The van der Waals surface area contributed by atoms with Gasteiger partial charge in [-0.15, -0.1) is 0 Å². The lowest BCUT2D eigenvalue weighted by Gasteiger charge is -2.39. The normalized spacial score (nSPS) is 26.8. The molecule has 0 bridgehead atoms. The van der Waals surface area contributed by atoms with Gasteiger partial charge in [0.25, 0.3) is 0 Å². The van der Waals surface area contributed by atoms with Crippen LogP contribution < -0.4 is 0 Å². The molecule has 0 saturated carbocycles. The molecule has 0 aromatic heterocycles. The van der Waals surface area contributed by atoms with Crippen LogP contribution in [-0.2, 0) is 42.9 Å². The summed E-state index contributed by atoms with van der Waals surface area (Å²) in [6.45, 7) is 4.64. The quantitative estimate of drug-likeness (QED) is 0.510. The fraction of sp³-hybridized carbons (Fsp3) is 0.714. The van der Waals surface area contributed by atoms with E-state index in [1.807, 2.05) is 0 Å². The Morgan fingerprint density at radius 1 is 0.870 bits per heavy atom. The zero-order chi connectivity index (χ0) is 17.6. The molecule has 9 heteroatoms. The number of rotatable bonds is 5. The third kappa shape index (κ3) is 6.64. The molecule has 0 unspecified atom stereocenters. The van der Waals surface area contributed by atoms with Crippen LogP contribution in [0.1, 0.15) is 34.1 Å². The average molecular weight is 332 g/mol. The third-order valence-electron chi connectivity index (χ3n) is 2.83. The minimum atomic E-state index is -1.27. The zero-order valence-electron chi connectivity index (χ0n) is 13.4. The highest BCUT2D eigenvalue weighted by Gasteiger charge is 2.45. The highest BCUT2D eigenvalue weighted by atomic mass is 16.7. The molecule has 1 aliphatic heterocycles. The summed E-state index contributed by atoms with van der Waals surface area (Å²) >= 11 is 0. The van der Waals surface area contributed by atoms with Gasteiger partial charge in [0, 0.05) is 34.1 Å². The third-order valence-corrected chi connectivity index (χ3v) is 2.83. The molecule has 9 nitrogen and oxygen atoms in total. The first-order valence-corrected chi connectivity index (χ1v) is 6.99. The van der Waals surface area contributed by atoms with E-state index in [2.05, 4.69) is 0 Å². The van der Waals surface area contributed by atoms with Crippen LogP contribution in [0.4, 0.5) is 0 Å². The van der Waals surface area contributed by atoms with E-state index in [4.69, 9.17) is 23.7 Å². The van der Waals surface area contributed by atoms with Crippen LogP contribution >= 0.6 is 0 Å². The van der Waals surface area contributed by atoms with Crippen molar-refractivity contribution in [2.45, 2.75) is 58.7 Å². The molecule has 0 aromatic rings. The second kappa shape index (κ2) is 8.47. The van der Waals surface area contributed by atoms with Gasteiger partial charge in [-0.05, 0) is 0 Å². The Labute approximate surface area is 133 Å². The highest BCUT2D eigenvalue weighted by molar-refractivity contribution is 5.68. The fourth-order valence-electron chi connectivity index (χ4n) is 2.12. The number of carbonyl (C=O) groups excluding carboxylic acids is 4. The maximum atomic E-state index is 11.2. The van der Waals surface area contributed by atoms with E-state index in [-0.39, 0.29) is 13.0 Å². The Kier molecular flexibility index (Phi) is 6.95. The molecule has 0 spiro atoms. The van der Waals surface area contributed by atoms with Crippen molar-refractivity contribution in [2.75, 3.05) is 6.61 Å². The molecule has 0 radical (unpaired) electrons. The number of esters is 4. The Bertz CT molecular complexity index is 447. The van der Waals surface area contributed by atoms with Crippen LogP contribution in [0.25, 0.3) is 0 Å². The lowest BCUT2D eigenvalue weighted by Crippen LogP contribution is -2.54. The van der Waals surface area contributed by atoms with Crippen LogP contribution in [0.2, 0.25) is 0 Å². The molecular formula is C14H20O9. The first-order valence-electron chi connectivity index (χ1n) is 6.99. The molecule has 0 N–H and O–H groups in total. The van der Waals surface area contributed by atoms with Gasteiger partial charge < -0.3 is 23.7 Å². The predicted molar refractivity (Wildman–Crippen MR) is 72.8 cm³/mol. The molecule has 0 aromatic carbocycles. The number of carbonyl (C=O) groups is 4. The first-order chi connectivity index (χ1) is 10.7. The maximum absolute atomic E-state index is 11.2. The van der Waals surface area contributed by atoms with Crippen LogP contribution in [0.3, 0.4) is 0 Å². The molecule has 4 atom stereocenters. The van der Waals surface area contributed by atoms with E-state index in [0.717, 1.165) is 6.92 Å². The molecule has 1 rings (SSSR count). The summed E-state index contributed by atoms with van der Waals surface area (Å²) in [5, 5.41) is 0. The molecule has 0 amide bonds. The van der Waals surface area contributed by atoms with E-state index in [0.29, 0.717) is 0 Å². The van der Waals surface area contributed by atoms with Crippen molar-refractivity contribution in [3.05, 3.63) is 0 Å². The van der Waals surface area contributed by atoms with E-state index in [1.165, 1.54) is 20.8 Å². The predicted octanol–water partition coefficient (Wildman–Crippen LogP) is 0.0910. The zero-order valence-corrected chi connectivity index (χ0v) is 13.4. The van der Waals surface area contributed by atoms with Crippen molar-refractivity contribution < 1.29 is 42.9 Å². The largest absolute Gasteiger partial charge is 0.463 e. The van der Waals surface area contributed by atoms with Crippen LogP contribution in [0.15, 0.2) is 0 Å². The standard InChI is InChI=1S/C14H20O9/c1-7(15)19-6-11-5-12(20-8(2)16)13(21-9(3)17)14(23-11)22-10(4)18/h11-14H,5-6H2,1-4H3/t11-,12-,13+,14-/m0/s1. The summed E-state index contributed by atoms with van der Waals surface area (Å²) in [5.74, 6) is -2.42. The van der Waals surface area contributed by atoms with Crippen LogP contribution in [0.5, 0.6) is 0 Å². The Balaban J connectivity index is 2.92. The summed E-state index contributed by atoms with van der Waals surface area (Å²) in [4.78, 5) is 44.6. The first kappa shape index (κ1) is 18.9. The second-order valence-corrected chi connectivity index (χ2v) is 5.00. The smallest absolute Gasteiger partial charge is 0.305 e. The lowest BCUT2D eigenvalue weighted by atomic mass is 10.0. The van der Waals surface area contributed by atoms with Crippen molar-refractivity contribution in [3.63, 3.8) is 0 Å². The molecule has 23 heavy (non-hydrogen) atoms. The summed E-state index contributed by atoms with van der Waals surface area (Å²) < 4.78 is 25.5. The number of hydrogen-bond donors (Lipinski definition) is 0. The van der Waals surface area contributed by atoms with E-state index in [9.17, 15) is 19.2 Å². The van der Waals surface area contributed by atoms with Gasteiger partial charge in [-0.3, -0.25) is 19.2 Å². The molecule has 0 aliphatic carbocycles. The van der Waals surface area contributed by atoms with Gasteiger partial charge in [0.1, 0.15) is 12.7 Å². The second-order valence-electron chi connectivity index (χ2n) is 5.00. The van der Waals surface area contributed by atoms with Crippen molar-refractivity contribution in [1.82, 2.24) is 0 Å². The van der Waals surface area contributed by atoms with Gasteiger partial charge in [0.15, 0.2) is 0 Å². The Morgan fingerprint density at radius 3 is 1.91 bits per heavy atom. The van der Waals surface area contributed by atoms with Gasteiger partial charge in [-0.25, -0.2) is 0 Å². The van der Waals surface area contributed by atoms with Crippen molar-refractivity contribution in [1.29, 1.82) is 0 Å². The average Bonchev–Trinajstić information content (AvgIpc) is 2.38. The van der Waals surface area contributed by atoms with Gasteiger partial charge in [-0.2, -0.15) is 0 Å². The molecule has 1 heterocycles. The summed E-state index contributed by atoms with van der Waals surface area (Å²) in [6, 6.07) is 0. The van der Waals surface area contributed by atoms with Gasteiger partial charge in [-0.1, -0.05) is 0 Å². The van der Waals surface area contributed by atoms with Gasteiger partial charge in [0.2, 0.25) is 12.4 Å². The highest BCUT2D eigenvalue weighted by Crippen LogP contribution is 2.27. The number of ether oxygens (including phenoxy) is 5. The Morgan fingerprint density at radius 2 is 1.43 bits per heavy atom. The number of hydrogen-bond acceptors (Lipinski definition) is 9. The van der Waals surface area contributed by atoms with Crippen molar-refractivity contribution >= 4 is 23.9 Å². The van der Waals surface area contributed by atoms with E-state index >= 15 is 0 Å². The monoisotopic (exact) mass is 332 g/mol. The summed E-state index contributed by atoms with van der Waals surface area (Å²) in [6.07, 6.45) is -3.83. The fourth-order valence-corrected chi connectivity index (χ4v) is 2.12. The topological polar surface area (TPSA) is 114 Å². The molecule has 1 saturated heterocycles. The molecule has 130 valence electrons. The summed E-state index contributed by atoms with van der Waals surface area (Å²) in [5.41, 5.74) is 0. The SMILES string of the molecule is CC(=O)OC[C@@H]1C[C@H](OC(C)=O)[C@@H](OC(C)=O)[C@@H](OC(C)=O)O1. The minimum Gasteiger partial charge on any atom is -0.463 e. The van der Waals surface area contributed by atoms with E-state index in [1.54, 1.807) is 0 Å². The van der Waals surface area contributed by atoms with Gasteiger partial charge >= 0.3 is 23.9 Å². The van der Waals surface area contributed by atoms with Crippen molar-refractivity contribution in [2.24, 2.45) is 0 Å². The van der Waals surface area contributed by atoms with Crippen LogP contribution in [0, 0.1) is 0 Å². The van der Waals surface area contributed by atoms with E-state index < -0.39 is 48.5 Å². The lowest BCUT2D eigenvalue weighted by molar-refractivity contribution is -0.271. The van der Waals surface area contributed by atoms with Crippen LogP contribution in [-0.4, -0.2) is 55.1 Å². The van der Waals surface area contributed by atoms with Gasteiger partial charge in [0.05, 0.1) is 6.10 Å². The molecular weight excluding hydrogens is 312 g/mol. The van der Waals surface area contributed by atoms with Crippen molar-refractivity contribution in [3.8, 4) is 0 Å². The minimum absolute atomic E-state index is 0.113. The Hall–Kier alpha value is -2.16.